The van der Waals surface area contributed by atoms with E-state index in [0.717, 1.165) is 30.3 Å². The zero-order valence-corrected chi connectivity index (χ0v) is 15.3. The second kappa shape index (κ2) is 8.37. The molecule has 31 heavy (non-hydrogen) atoms. The smallest absolute Gasteiger partial charge is 0.322 e. The van der Waals surface area contributed by atoms with Gasteiger partial charge in [0.25, 0.3) is 5.91 Å². The molecule has 0 spiro atoms. The van der Waals surface area contributed by atoms with Gasteiger partial charge in [0.2, 0.25) is 0 Å². The van der Waals surface area contributed by atoms with Gasteiger partial charge in [-0.1, -0.05) is 12.1 Å². The van der Waals surface area contributed by atoms with Gasteiger partial charge in [0.1, 0.15) is 34.6 Å². The average Bonchev–Trinajstić information content (AvgIpc) is 2.63. The van der Waals surface area contributed by atoms with Crippen LogP contribution in [-0.4, -0.2) is 5.91 Å². The van der Waals surface area contributed by atoms with Crippen LogP contribution in [0.1, 0.15) is 27.0 Å². The average molecular weight is 445 g/mol. The van der Waals surface area contributed by atoms with E-state index in [1.165, 1.54) is 0 Å². The Hall–Kier alpha value is -3.43. The number of carbonyl (C=O) groups excluding carboxylic acids is 1. The molecule has 0 fully saturated rings. The Morgan fingerprint density at radius 2 is 1.35 bits per heavy atom. The number of carbonyl (C=O) groups is 1. The Bertz CT molecular complexity index is 1130. The third kappa shape index (κ3) is 5.01. The number of amides is 1. The molecule has 3 rings (SSSR count). The number of hydrogen-bond donors (Lipinski definition) is 1. The molecule has 0 atom stereocenters. The van der Waals surface area contributed by atoms with E-state index in [-0.39, 0.29) is 16.8 Å². The molecule has 0 saturated carbocycles. The topological polar surface area (TPSA) is 29.1 Å². The molecule has 0 aliphatic carbocycles. The SMILES string of the molecule is O=C(Nc1ccc(Cc2ccc(F)cc2C(F)(F)F)c(F)c1)c1c(F)cc(F)cc1F. The van der Waals surface area contributed by atoms with Crippen LogP contribution in [-0.2, 0) is 12.6 Å². The fraction of sp³-hybridized carbons (Fsp3) is 0.0952. The first-order valence-corrected chi connectivity index (χ1v) is 8.55. The number of anilines is 1. The van der Waals surface area contributed by atoms with Crippen molar-refractivity contribution in [1.82, 2.24) is 0 Å². The molecule has 0 aliphatic heterocycles. The minimum Gasteiger partial charge on any atom is -0.322 e. The van der Waals surface area contributed by atoms with Crippen molar-refractivity contribution in [3.05, 3.63) is 99.9 Å². The van der Waals surface area contributed by atoms with Gasteiger partial charge in [0.15, 0.2) is 0 Å². The van der Waals surface area contributed by atoms with E-state index in [1.54, 1.807) is 0 Å². The summed E-state index contributed by atoms with van der Waals surface area (Å²) < 4.78 is 107. The Morgan fingerprint density at radius 3 is 1.94 bits per heavy atom. The number of halogens is 8. The van der Waals surface area contributed by atoms with Gasteiger partial charge in [-0.15, -0.1) is 0 Å². The van der Waals surface area contributed by atoms with Crippen molar-refractivity contribution in [3.8, 4) is 0 Å². The fourth-order valence-electron chi connectivity index (χ4n) is 2.89. The summed E-state index contributed by atoms with van der Waals surface area (Å²) >= 11 is 0. The van der Waals surface area contributed by atoms with Gasteiger partial charge in [0.05, 0.1) is 5.56 Å². The van der Waals surface area contributed by atoms with Gasteiger partial charge in [-0.3, -0.25) is 4.79 Å². The van der Waals surface area contributed by atoms with Gasteiger partial charge < -0.3 is 5.32 Å². The lowest BCUT2D eigenvalue weighted by atomic mass is 9.98. The first-order chi connectivity index (χ1) is 14.5. The molecule has 3 aromatic rings. The molecule has 0 radical (unpaired) electrons. The Labute approximate surface area is 170 Å². The molecule has 0 saturated heterocycles. The quantitative estimate of drug-likeness (QED) is 0.473. The maximum atomic E-state index is 14.4. The molecule has 0 aliphatic rings. The Balaban J connectivity index is 1.84. The lowest BCUT2D eigenvalue weighted by molar-refractivity contribution is -0.138. The van der Waals surface area contributed by atoms with Crippen molar-refractivity contribution >= 4 is 11.6 Å². The summed E-state index contributed by atoms with van der Waals surface area (Å²) in [6.07, 6.45) is -5.39. The van der Waals surface area contributed by atoms with Crippen LogP contribution in [0, 0.1) is 29.1 Å². The summed E-state index contributed by atoms with van der Waals surface area (Å²) in [5.41, 5.74) is -3.17. The van der Waals surface area contributed by atoms with Crippen molar-refractivity contribution in [3.63, 3.8) is 0 Å². The van der Waals surface area contributed by atoms with E-state index < -0.39 is 58.7 Å². The predicted molar refractivity (Wildman–Crippen MR) is 94.9 cm³/mol. The van der Waals surface area contributed by atoms with E-state index in [1.807, 2.05) is 5.32 Å². The van der Waals surface area contributed by atoms with E-state index >= 15 is 0 Å². The molecule has 2 nitrogen and oxygen atoms in total. The normalized spacial score (nSPS) is 11.5. The van der Waals surface area contributed by atoms with Gasteiger partial charge >= 0.3 is 6.18 Å². The van der Waals surface area contributed by atoms with Gasteiger partial charge in [0, 0.05) is 24.2 Å². The summed E-state index contributed by atoms with van der Waals surface area (Å²) in [7, 11) is 0. The minimum atomic E-state index is -4.86. The van der Waals surface area contributed by atoms with Crippen molar-refractivity contribution in [2.75, 3.05) is 5.32 Å². The van der Waals surface area contributed by atoms with Gasteiger partial charge in [-0.05, 0) is 35.4 Å². The maximum absolute atomic E-state index is 14.4. The number of alkyl halides is 3. The van der Waals surface area contributed by atoms with E-state index in [2.05, 4.69) is 0 Å². The highest BCUT2D eigenvalue weighted by Gasteiger charge is 2.33. The van der Waals surface area contributed by atoms with Crippen LogP contribution >= 0.6 is 0 Å². The van der Waals surface area contributed by atoms with E-state index in [4.69, 9.17) is 0 Å². The highest BCUT2D eigenvalue weighted by molar-refractivity contribution is 6.04. The molecule has 0 aromatic heterocycles. The Morgan fingerprint density at radius 1 is 0.742 bits per heavy atom. The lowest BCUT2D eigenvalue weighted by Crippen LogP contribution is -2.16. The second-order valence-corrected chi connectivity index (χ2v) is 6.48. The van der Waals surface area contributed by atoms with Crippen LogP contribution in [0.2, 0.25) is 0 Å². The molecular weight excluding hydrogens is 434 g/mol. The van der Waals surface area contributed by atoms with Crippen molar-refractivity contribution in [2.24, 2.45) is 0 Å². The maximum Gasteiger partial charge on any atom is 0.416 e. The van der Waals surface area contributed by atoms with Crippen molar-refractivity contribution in [1.29, 1.82) is 0 Å². The van der Waals surface area contributed by atoms with Crippen LogP contribution in [0.4, 0.5) is 40.8 Å². The third-order valence-corrected chi connectivity index (χ3v) is 4.30. The number of nitrogens with one attached hydrogen (secondary N) is 1. The number of benzene rings is 3. The molecule has 3 aromatic carbocycles. The standard InChI is InChI=1S/C21H11F8NO/c22-12-3-1-10(15(6-12)21(27,28)29)5-11-2-4-14(9-16(11)24)30-20(31)19-17(25)7-13(23)8-18(19)26/h1-4,6-9H,5H2,(H,30,31). The zero-order chi connectivity index (χ0) is 22.9. The van der Waals surface area contributed by atoms with E-state index in [0.29, 0.717) is 18.2 Å². The summed E-state index contributed by atoms with van der Waals surface area (Å²) in [4.78, 5) is 12.0. The highest BCUT2D eigenvalue weighted by atomic mass is 19.4. The highest BCUT2D eigenvalue weighted by Crippen LogP contribution is 2.34. The Kier molecular flexibility index (Phi) is 6.01. The lowest BCUT2D eigenvalue weighted by Gasteiger charge is -2.14. The largest absolute Gasteiger partial charge is 0.416 e. The first kappa shape index (κ1) is 22.3. The summed E-state index contributed by atoms with van der Waals surface area (Å²) in [6.45, 7) is 0. The molecular formula is C21H11F8NO. The van der Waals surface area contributed by atoms with Crippen LogP contribution in [0.3, 0.4) is 0 Å². The summed E-state index contributed by atoms with van der Waals surface area (Å²) in [5.74, 6) is -7.61. The summed E-state index contributed by atoms with van der Waals surface area (Å²) in [6, 6.07) is 5.48. The predicted octanol–water partition coefficient (Wildman–Crippen LogP) is 6.24. The second-order valence-electron chi connectivity index (χ2n) is 6.48. The molecule has 1 N–H and O–H groups in total. The molecule has 10 heteroatoms. The first-order valence-electron chi connectivity index (χ1n) is 8.55. The molecule has 162 valence electrons. The van der Waals surface area contributed by atoms with Crippen LogP contribution in [0.5, 0.6) is 0 Å². The van der Waals surface area contributed by atoms with Crippen molar-refractivity contribution < 1.29 is 39.9 Å². The fourth-order valence-corrected chi connectivity index (χ4v) is 2.89. The molecule has 0 heterocycles. The van der Waals surface area contributed by atoms with E-state index in [9.17, 15) is 39.9 Å². The van der Waals surface area contributed by atoms with Gasteiger partial charge in [-0.25, -0.2) is 22.0 Å². The molecule has 0 bridgehead atoms. The third-order valence-electron chi connectivity index (χ3n) is 4.30. The number of hydrogen-bond acceptors (Lipinski definition) is 1. The monoisotopic (exact) mass is 445 g/mol. The summed E-state index contributed by atoms with van der Waals surface area (Å²) in [5, 5.41) is 2.02. The van der Waals surface area contributed by atoms with Gasteiger partial charge in [-0.2, -0.15) is 13.2 Å². The minimum absolute atomic E-state index is 0.200. The van der Waals surface area contributed by atoms with Crippen LogP contribution < -0.4 is 5.32 Å². The molecule has 0 unspecified atom stereocenters. The zero-order valence-electron chi connectivity index (χ0n) is 15.3. The number of rotatable bonds is 4. The molecule has 1 amide bonds. The van der Waals surface area contributed by atoms with Crippen molar-refractivity contribution in [2.45, 2.75) is 12.6 Å². The van der Waals surface area contributed by atoms with Crippen LogP contribution in [0.15, 0.2) is 48.5 Å². The van der Waals surface area contributed by atoms with Crippen LogP contribution in [0.25, 0.3) is 0 Å².